The lowest BCUT2D eigenvalue weighted by molar-refractivity contribution is 0.275. The van der Waals surface area contributed by atoms with E-state index >= 15 is 0 Å². The van der Waals surface area contributed by atoms with Crippen LogP contribution in [0.15, 0.2) is 4.99 Å². The Balaban J connectivity index is 2.17. The van der Waals surface area contributed by atoms with Crippen molar-refractivity contribution in [2.45, 2.75) is 39.2 Å². The average molecular weight is 269 g/mol. The predicted octanol–water partition coefficient (Wildman–Crippen LogP) is 0.717. The highest BCUT2D eigenvalue weighted by atomic mass is 15.2. The van der Waals surface area contributed by atoms with Crippen molar-refractivity contribution in [1.29, 1.82) is 0 Å². The summed E-state index contributed by atoms with van der Waals surface area (Å²) in [6, 6.07) is 0. The van der Waals surface area contributed by atoms with Gasteiger partial charge in [-0.3, -0.25) is 4.99 Å². The van der Waals surface area contributed by atoms with Gasteiger partial charge in [0.25, 0.3) is 0 Å². The molecule has 1 aliphatic rings. The molecule has 0 aromatic rings. The second-order valence-corrected chi connectivity index (χ2v) is 6.49. The van der Waals surface area contributed by atoms with Gasteiger partial charge in [-0.15, -0.1) is 0 Å². The first-order valence-electron chi connectivity index (χ1n) is 7.36. The second kappa shape index (κ2) is 7.70. The van der Waals surface area contributed by atoms with Crippen LogP contribution in [0.5, 0.6) is 0 Å². The number of likely N-dealkylation sites (N-methyl/N-ethyl adjacent to an activating group) is 1. The Hall–Kier alpha value is -0.810. The Morgan fingerprint density at radius 1 is 1.21 bits per heavy atom. The summed E-state index contributed by atoms with van der Waals surface area (Å²) in [5, 5.41) is 3.18. The van der Waals surface area contributed by atoms with Crippen LogP contribution in [0.1, 0.15) is 33.6 Å². The third-order valence-electron chi connectivity index (χ3n) is 3.23. The summed E-state index contributed by atoms with van der Waals surface area (Å²) in [6.07, 6.45) is 2.35. The Kier molecular flexibility index (Phi) is 6.58. The minimum absolute atomic E-state index is 0.0110. The van der Waals surface area contributed by atoms with Gasteiger partial charge in [0, 0.05) is 25.2 Å². The van der Waals surface area contributed by atoms with E-state index in [4.69, 9.17) is 5.73 Å². The van der Waals surface area contributed by atoms with E-state index in [-0.39, 0.29) is 5.54 Å². The third kappa shape index (κ3) is 8.06. The van der Waals surface area contributed by atoms with Crippen LogP contribution < -0.4 is 11.1 Å². The summed E-state index contributed by atoms with van der Waals surface area (Å²) < 4.78 is 0. The molecule has 0 unspecified atom stereocenters. The molecule has 0 amide bonds. The number of aliphatic imine (C=N–C) groups is 1. The number of guanidine groups is 1. The molecule has 0 radical (unpaired) electrons. The molecule has 1 heterocycles. The van der Waals surface area contributed by atoms with Gasteiger partial charge in [-0.1, -0.05) is 0 Å². The van der Waals surface area contributed by atoms with E-state index in [1.165, 1.54) is 32.6 Å². The highest BCUT2D eigenvalue weighted by Crippen LogP contribution is 2.02. The summed E-state index contributed by atoms with van der Waals surface area (Å²) in [6.45, 7) is 13.0. The van der Waals surface area contributed by atoms with Crippen molar-refractivity contribution in [3.8, 4) is 0 Å². The molecule has 0 spiro atoms. The Bertz CT molecular complexity index is 282. The molecule has 1 rings (SSSR count). The van der Waals surface area contributed by atoms with Crippen molar-refractivity contribution in [3.63, 3.8) is 0 Å². The number of nitrogens with two attached hydrogens (primary N) is 1. The molecule has 112 valence electrons. The first-order valence-corrected chi connectivity index (χ1v) is 7.36. The van der Waals surface area contributed by atoms with Gasteiger partial charge in [0.1, 0.15) is 0 Å². The lowest BCUT2D eigenvalue weighted by Gasteiger charge is -2.21. The molecule has 0 saturated carbocycles. The highest BCUT2D eigenvalue weighted by Gasteiger charge is 2.11. The fourth-order valence-corrected chi connectivity index (χ4v) is 2.24. The Morgan fingerprint density at radius 3 is 2.63 bits per heavy atom. The normalized spacial score (nSPS) is 20.3. The minimum atomic E-state index is -0.0110. The second-order valence-electron chi connectivity index (χ2n) is 6.49. The van der Waals surface area contributed by atoms with Gasteiger partial charge >= 0.3 is 0 Å². The van der Waals surface area contributed by atoms with E-state index in [0.29, 0.717) is 5.96 Å². The van der Waals surface area contributed by atoms with Gasteiger partial charge in [0.2, 0.25) is 0 Å². The number of rotatable bonds is 4. The fraction of sp³-hybridized carbons (Fsp3) is 0.929. The van der Waals surface area contributed by atoms with Gasteiger partial charge in [-0.2, -0.15) is 0 Å². The SMILES string of the molecule is CN1CCCN(CCCN=C(N)NC(C)(C)C)CC1. The predicted molar refractivity (Wildman–Crippen MR) is 82.5 cm³/mol. The topological polar surface area (TPSA) is 56.9 Å². The van der Waals surface area contributed by atoms with Crippen LogP contribution in [0.4, 0.5) is 0 Å². The van der Waals surface area contributed by atoms with E-state index in [1.54, 1.807) is 0 Å². The van der Waals surface area contributed by atoms with Gasteiger partial charge < -0.3 is 20.9 Å². The van der Waals surface area contributed by atoms with Crippen LogP contribution in [0.2, 0.25) is 0 Å². The molecule has 0 aliphatic carbocycles. The largest absolute Gasteiger partial charge is 0.370 e. The minimum Gasteiger partial charge on any atom is -0.370 e. The van der Waals surface area contributed by atoms with Gasteiger partial charge in [-0.25, -0.2) is 0 Å². The molecule has 19 heavy (non-hydrogen) atoms. The van der Waals surface area contributed by atoms with Gasteiger partial charge in [0.15, 0.2) is 5.96 Å². The molecule has 0 aromatic heterocycles. The van der Waals surface area contributed by atoms with Crippen molar-refractivity contribution >= 4 is 5.96 Å². The molecular weight excluding hydrogens is 238 g/mol. The van der Waals surface area contributed by atoms with Crippen LogP contribution in [-0.4, -0.2) is 67.6 Å². The maximum Gasteiger partial charge on any atom is 0.188 e. The molecule has 0 bridgehead atoms. The molecule has 1 fully saturated rings. The molecule has 3 N–H and O–H groups in total. The first kappa shape index (κ1) is 16.2. The summed E-state index contributed by atoms with van der Waals surface area (Å²) in [7, 11) is 2.20. The lowest BCUT2D eigenvalue weighted by atomic mass is 10.1. The summed E-state index contributed by atoms with van der Waals surface area (Å²) in [4.78, 5) is 9.32. The van der Waals surface area contributed by atoms with Crippen molar-refractivity contribution in [3.05, 3.63) is 0 Å². The summed E-state index contributed by atoms with van der Waals surface area (Å²) in [5.74, 6) is 0.558. The smallest absolute Gasteiger partial charge is 0.188 e. The number of nitrogens with zero attached hydrogens (tertiary/aromatic N) is 3. The zero-order chi connectivity index (χ0) is 14.3. The standard InChI is InChI=1S/C14H31N5/c1-14(2,3)17-13(15)16-7-5-9-19-10-6-8-18(4)11-12-19/h5-12H2,1-4H3,(H3,15,16,17). The summed E-state index contributed by atoms with van der Waals surface area (Å²) >= 11 is 0. The fourth-order valence-electron chi connectivity index (χ4n) is 2.24. The molecule has 5 heteroatoms. The average Bonchev–Trinajstić information content (AvgIpc) is 2.47. The first-order chi connectivity index (χ1) is 8.87. The Morgan fingerprint density at radius 2 is 1.95 bits per heavy atom. The molecular formula is C14H31N5. The van der Waals surface area contributed by atoms with Crippen LogP contribution >= 0.6 is 0 Å². The quantitative estimate of drug-likeness (QED) is 0.448. The molecule has 1 saturated heterocycles. The van der Waals surface area contributed by atoms with Crippen LogP contribution in [0.25, 0.3) is 0 Å². The molecule has 1 aliphatic heterocycles. The third-order valence-corrected chi connectivity index (χ3v) is 3.23. The zero-order valence-electron chi connectivity index (χ0n) is 13.1. The number of hydrogen-bond acceptors (Lipinski definition) is 3. The Labute approximate surface area is 118 Å². The van der Waals surface area contributed by atoms with Crippen LogP contribution in [0, 0.1) is 0 Å². The van der Waals surface area contributed by atoms with Crippen molar-refractivity contribution in [1.82, 2.24) is 15.1 Å². The number of nitrogens with one attached hydrogen (secondary N) is 1. The maximum absolute atomic E-state index is 5.84. The van der Waals surface area contributed by atoms with Crippen LogP contribution in [-0.2, 0) is 0 Å². The monoisotopic (exact) mass is 269 g/mol. The van der Waals surface area contributed by atoms with E-state index in [9.17, 15) is 0 Å². The van der Waals surface area contributed by atoms with Gasteiger partial charge in [0.05, 0.1) is 0 Å². The maximum atomic E-state index is 5.84. The molecule has 0 aromatic carbocycles. The zero-order valence-corrected chi connectivity index (χ0v) is 13.1. The van der Waals surface area contributed by atoms with E-state index < -0.39 is 0 Å². The van der Waals surface area contributed by atoms with E-state index in [2.05, 4.69) is 47.9 Å². The van der Waals surface area contributed by atoms with Crippen LogP contribution in [0.3, 0.4) is 0 Å². The van der Waals surface area contributed by atoms with Crippen molar-refractivity contribution in [2.75, 3.05) is 46.3 Å². The highest BCUT2D eigenvalue weighted by molar-refractivity contribution is 5.78. The van der Waals surface area contributed by atoms with Crippen molar-refractivity contribution in [2.24, 2.45) is 10.7 Å². The van der Waals surface area contributed by atoms with E-state index in [0.717, 1.165) is 19.5 Å². The molecule has 5 nitrogen and oxygen atoms in total. The van der Waals surface area contributed by atoms with Gasteiger partial charge in [-0.05, 0) is 60.3 Å². The number of hydrogen-bond donors (Lipinski definition) is 2. The van der Waals surface area contributed by atoms with Crippen molar-refractivity contribution < 1.29 is 0 Å². The lowest BCUT2D eigenvalue weighted by Crippen LogP contribution is -2.45. The molecule has 0 atom stereocenters. The van der Waals surface area contributed by atoms with E-state index in [1.807, 2.05) is 0 Å². The summed E-state index contributed by atoms with van der Waals surface area (Å²) in [5.41, 5.74) is 5.83.